The molecule has 0 atom stereocenters. The highest BCUT2D eigenvalue weighted by molar-refractivity contribution is 5.96. The predicted molar refractivity (Wildman–Crippen MR) is 105 cm³/mol. The first-order chi connectivity index (χ1) is 13.5. The predicted octanol–water partition coefficient (Wildman–Crippen LogP) is 1.46. The van der Waals surface area contributed by atoms with Crippen LogP contribution in [0.3, 0.4) is 0 Å². The van der Waals surface area contributed by atoms with Gasteiger partial charge in [0.05, 0.1) is 10.9 Å². The fourth-order valence-corrected chi connectivity index (χ4v) is 3.33. The number of para-hydroxylation sites is 1. The second-order valence-electron chi connectivity index (χ2n) is 6.61. The van der Waals surface area contributed by atoms with Crippen LogP contribution in [0.1, 0.15) is 12.8 Å². The first kappa shape index (κ1) is 17.7. The number of H-pyrrole nitrogens is 1. The molecule has 1 saturated heterocycles. The molecule has 0 aliphatic carbocycles. The third-order valence-electron chi connectivity index (χ3n) is 4.73. The highest BCUT2D eigenvalue weighted by Crippen LogP contribution is 2.23. The van der Waals surface area contributed by atoms with Crippen LogP contribution in [0.15, 0.2) is 58.1 Å². The molecule has 0 radical (unpaired) electrons. The summed E-state index contributed by atoms with van der Waals surface area (Å²) in [5.41, 5.74) is 0.577. The molecule has 3 aromatic rings. The van der Waals surface area contributed by atoms with Gasteiger partial charge in [0.25, 0.3) is 5.56 Å². The summed E-state index contributed by atoms with van der Waals surface area (Å²) in [6.07, 6.45) is 1.39. The lowest BCUT2D eigenvalue weighted by molar-refractivity contribution is -0.117. The number of anilines is 2. The number of hydrogen-bond donors (Lipinski definition) is 2. The molecule has 1 fully saturated rings. The third-order valence-corrected chi connectivity index (χ3v) is 4.73. The molecule has 2 amide bonds. The van der Waals surface area contributed by atoms with Crippen molar-refractivity contribution in [3.63, 3.8) is 0 Å². The van der Waals surface area contributed by atoms with Gasteiger partial charge in [-0.2, -0.15) is 0 Å². The van der Waals surface area contributed by atoms with Gasteiger partial charge in [-0.1, -0.05) is 12.1 Å². The molecular weight excluding hydrogens is 360 g/mol. The van der Waals surface area contributed by atoms with Gasteiger partial charge in [0.2, 0.25) is 11.8 Å². The molecular formula is C20H18N4O4. The molecule has 28 heavy (non-hydrogen) atoms. The Kier molecular flexibility index (Phi) is 4.52. The van der Waals surface area contributed by atoms with Gasteiger partial charge in [0.1, 0.15) is 6.54 Å². The van der Waals surface area contributed by atoms with E-state index >= 15 is 0 Å². The number of nitrogens with one attached hydrogen (secondary N) is 2. The molecule has 1 aliphatic rings. The highest BCUT2D eigenvalue weighted by atomic mass is 16.2. The Morgan fingerprint density at radius 1 is 1.04 bits per heavy atom. The number of carbonyl (C=O) groups excluding carboxylic acids is 2. The lowest BCUT2D eigenvalue weighted by Crippen LogP contribution is -2.38. The summed E-state index contributed by atoms with van der Waals surface area (Å²) in [5, 5.41) is 3.01. The van der Waals surface area contributed by atoms with E-state index in [0.717, 1.165) is 16.7 Å². The smallest absolute Gasteiger partial charge is 0.325 e. The maximum atomic E-state index is 12.5. The quantitative estimate of drug-likeness (QED) is 0.717. The van der Waals surface area contributed by atoms with Crippen LogP contribution < -0.4 is 21.5 Å². The van der Waals surface area contributed by atoms with E-state index in [1.54, 1.807) is 53.4 Å². The Morgan fingerprint density at radius 2 is 1.79 bits per heavy atom. The first-order valence-corrected chi connectivity index (χ1v) is 8.95. The molecule has 1 aromatic heterocycles. The van der Waals surface area contributed by atoms with Crippen LogP contribution in [0.4, 0.5) is 11.4 Å². The number of amides is 2. The fourth-order valence-electron chi connectivity index (χ4n) is 3.33. The van der Waals surface area contributed by atoms with Crippen molar-refractivity contribution in [2.24, 2.45) is 0 Å². The van der Waals surface area contributed by atoms with Gasteiger partial charge in [-0.3, -0.25) is 19.0 Å². The summed E-state index contributed by atoms with van der Waals surface area (Å²) in [6.45, 7) is 0.295. The van der Waals surface area contributed by atoms with E-state index in [1.165, 1.54) is 0 Å². The second kappa shape index (κ2) is 7.15. The summed E-state index contributed by atoms with van der Waals surface area (Å²) in [5.74, 6) is -0.403. The molecule has 2 N–H and O–H groups in total. The fraction of sp³-hybridized carbons (Fsp3) is 0.200. The lowest BCUT2D eigenvalue weighted by Gasteiger charge is -2.16. The van der Waals surface area contributed by atoms with Crippen LogP contribution in [0.25, 0.3) is 10.9 Å². The van der Waals surface area contributed by atoms with Crippen LogP contribution in [0, 0.1) is 0 Å². The standard InChI is InChI=1S/C20H18N4O4/c25-17(12-24-19(27)15-4-1-2-5-16(15)22-20(24)28)21-13-7-9-14(10-8-13)23-11-3-6-18(23)26/h1-2,4-5,7-10H,3,6,11-12H2,(H,21,25)(H,22,28). The Hall–Kier alpha value is -3.68. The summed E-state index contributed by atoms with van der Waals surface area (Å²) < 4.78 is 0.870. The topological polar surface area (TPSA) is 104 Å². The molecule has 8 heteroatoms. The Balaban J connectivity index is 1.50. The van der Waals surface area contributed by atoms with Gasteiger partial charge in [0, 0.05) is 24.3 Å². The van der Waals surface area contributed by atoms with Crippen molar-refractivity contribution in [3.8, 4) is 0 Å². The van der Waals surface area contributed by atoms with Crippen molar-refractivity contribution < 1.29 is 9.59 Å². The molecule has 8 nitrogen and oxygen atoms in total. The minimum Gasteiger partial charge on any atom is -0.325 e. The van der Waals surface area contributed by atoms with Gasteiger partial charge in [-0.25, -0.2) is 4.79 Å². The normalized spacial score (nSPS) is 13.9. The van der Waals surface area contributed by atoms with E-state index in [1.807, 2.05) is 0 Å². The molecule has 4 rings (SSSR count). The van der Waals surface area contributed by atoms with Gasteiger partial charge >= 0.3 is 5.69 Å². The second-order valence-corrected chi connectivity index (χ2v) is 6.61. The molecule has 142 valence electrons. The van der Waals surface area contributed by atoms with Crippen molar-refractivity contribution in [1.82, 2.24) is 9.55 Å². The van der Waals surface area contributed by atoms with Crippen molar-refractivity contribution >= 4 is 34.1 Å². The van der Waals surface area contributed by atoms with Crippen molar-refractivity contribution in [2.45, 2.75) is 19.4 Å². The zero-order valence-corrected chi connectivity index (χ0v) is 15.0. The molecule has 1 aliphatic heterocycles. The number of nitrogens with zero attached hydrogens (tertiary/aromatic N) is 2. The van der Waals surface area contributed by atoms with Gasteiger partial charge < -0.3 is 15.2 Å². The number of aromatic amines is 1. The van der Waals surface area contributed by atoms with Crippen LogP contribution >= 0.6 is 0 Å². The first-order valence-electron chi connectivity index (χ1n) is 8.95. The maximum Gasteiger partial charge on any atom is 0.329 e. The van der Waals surface area contributed by atoms with E-state index in [9.17, 15) is 19.2 Å². The molecule has 0 spiro atoms. The Bertz CT molecular complexity index is 1180. The minimum absolute atomic E-state index is 0.0895. The average Bonchev–Trinajstić information content (AvgIpc) is 3.12. The van der Waals surface area contributed by atoms with Crippen LogP contribution in [-0.4, -0.2) is 27.9 Å². The summed E-state index contributed by atoms with van der Waals surface area (Å²) in [4.78, 5) is 53.1. The third kappa shape index (κ3) is 3.32. The molecule has 2 heterocycles. The minimum atomic E-state index is -0.637. The zero-order chi connectivity index (χ0) is 19.7. The molecule has 0 saturated carbocycles. The van der Waals surface area contributed by atoms with Gasteiger partial charge in [-0.05, 0) is 42.8 Å². The highest BCUT2D eigenvalue weighted by Gasteiger charge is 2.21. The summed E-state index contributed by atoms with van der Waals surface area (Å²) in [6, 6.07) is 13.5. The number of benzene rings is 2. The number of rotatable bonds is 4. The molecule has 0 bridgehead atoms. The Labute approximate surface area is 159 Å². The number of hydrogen-bond acceptors (Lipinski definition) is 4. The van der Waals surface area contributed by atoms with Gasteiger partial charge in [0.15, 0.2) is 0 Å². The number of carbonyl (C=O) groups is 2. The number of fused-ring (bicyclic) bond motifs is 1. The SMILES string of the molecule is O=C(Cn1c(=O)[nH]c2ccccc2c1=O)Nc1ccc(N2CCCC2=O)cc1. The van der Waals surface area contributed by atoms with Gasteiger partial charge in [-0.15, -0.1) is 0 Å². The van der Waals surface area contributed by atoms with Crippen molar-refractivity contribution in [1.29, 1.82) is 0 Å². The average molecular weight is 378 g/mol. The largest absolute Gasteiger partial charge is 0.329 e. The van der Waals surface area contributed by atoms with Crippen LogP contribution in [-0.2, 0) is 16.1 Å². The monoisotopic (exact) mass is 378 g/mol. The van der Waals surface area contributed by atoms with Crippen LogP contribution in [0.2, 0.25) is 0 Å². The van der Waals surface area contributed by atoms with Crippen molar-refractivity contribution in [3.05, 3.63) is 69.4 Å². The molecule has 0 unspecified atom stereocenters. The van der Waals surface area contributed by atoms with Crippen LogP contribution in [0.5, 0.6) is 0 Å². The zero-order valence-electron chi connectivity index (χ0n) is 15.0. The van der Waals surface area contributed by atoms with E-state index < -0.39 is 23.7 Å². The summed E-state index contributed by atoms with van der Waals surface area (Å²) in [7, 11) is 0. The number of aromatic nitrogens is 2. The van der Waals surface area contributed by atoms with E-state index in [2.05, 4.69) is 10.3 Å². The van der Waals surface area contributed by atoms with E-state index in [4.69, 9.17) is 0 Å². The summed E-state index contributed by atoms with van der Waals surface area (Å²) >= 11 is 0. The van der Waals surface area contributed by atoms with E-state index in [0.29, 0.717) is 29.6 Å². The Morgan fingerprint density at radius 3 is 2.50 bits per heavy atom. The lowest BCUT2D eigenvalue weighted by atomic mass is 10.2. The van der Waals surface area contributed by atoms with Crippen molar-refractivity contribution in [2.75, 3.05) is 16.8 Å². The molecule has 2 aromatic carbocycles. The van der Waals surface area contributed by atoms with E-state index in [-0.39, 0.29) is 5.91 Å². The maximum absolute atomic E-state index is 12.5.